The molecular weight excluding hydrogens is 412 g/mol. The first-order chi connectivity index (χ1) is 13.7. The molecule has 1 aromatic carbocycles. The number of halogens is 1. The summed E-state index contributed by atoms with van der Waals surface area (Å²) in [6, 6.07) is 3.34. The molecule has 1 aromatic rings. The van der Waals surface area contributed by atoms with Crippen LogP contribution in [0.5, 0.6) is 5.75 Å². The maximum atomic E-state index is 12.9. The van der Waals surface area contributed by atoms with Gasteiger partial charge in [-0.1, -0.05) is 17.7 Å². The van der Waals surface area contributed by atoms with E-state index in [0.717, 1.165) is 0 Å². The molecule has 2 atom stereocenters. The third-order valence-electron chi connectivity index (χ3n) is 4.66. The molecule has 8 nitrogen and oxygen atoms in total. The Morgan fingerprint density at radius 1 is 1.13 bits per heavy atom. The monoisotopic (exact) mass is 442 g/mol. The standard InChI is InChI=1S/C21H31ClN2O6/c1-12(21(5,6)18(26)27)23-17(25)15(24-19(28)30-20(2,3)4)11-13-8-9-16(29-7)14(22)10-13/h8-10,12,15H,11H2,1-7H3,(H,23,25)(H,24,28)(H,26,27)/t12?,15-/m1/s1. The second kappa shape index (κ2) is 10.0. The van der Waals surface area contributed by atoms with E-state index in [1.54, 1.807) is 45.9 Å². The smallest absolute Gasteiger partial charge is 0.408 e. The molecule has 0 saturated carbocycles. The number of aliphatic carboxylic acids is 1. The first kappa shape index (κ1) is 25.6. The number of ether oxygens (including phenoxy) is 2. The molecule has 9 heteroatoms. The van der Waals surface area contributed by atoms with Crippen molar-refractivity contribution in [2.24, 2.45) is 5.41 Å². The maximum absolute atomic E-state index is 12.9. The number of methoxy groups -OCH3 is 1. The summed E-state index contributed by atoms with van der Waals surface area (Å²) >= 11 is 6.16. The summed E-state index contributed by atoms with van der Waals surface area (Å²) in [7, 11) is 1.49. The number of hydrogen-bond acceptors (Lipinski definition) is 5. The van der Waals surface area contributed by atoms with E-state index in [4.69, 9.17) is 21.1 Å². The van der Waals surface area contributed by atoms with Crippen LogP contribution in [0.1, 0.15) is 47.1 Å². The molecule has 0 aromatic heterocycles. The minimum atomic E-state index is -1.20. The van der Waals surface area contributed by atoms with E-state index >= 15 is 0 Å². The van der Waals surface area contributed by atoms with Crippen molar-refractivity contribution in [1.82, 2.24) is 10.6 Å². The van der Waals surface area contributed by atoms with Gasteiger partial charge in [-0.3, -0.25) is 9.59 Å². The number of carbonyl (C=O) groups excluding carboxylic acids is 2. The van der Waals surface area contributed by atoms with Crippen LogP contribution in [-0.4, -0.2) is 47.9 Å². The lowest BCUT2D eigenvalue weighted by Gasteiger charge is -2.30. The number of carboxylic acids is 1. The summed E-state index contributed by atoms with van der Waals surface area (Å²) < 4.78 is 10.4. The molecule has 0 bridgehead atoms. The van der Waals surface area contributed by atoms with Gasteiger partial charge in [0, 0.05) is 12.5 Å². The number of rotatable bonds is 8. The lowest BCUT2D eigenvalue weighted by atomic mass is 9.85. The van der Waals surface area contributed by atoms with Crippen LogP contribution in [0.15, 0.2) is 18.2 Å². The number of amides is 2. The number of benzene rings is 1. The lowest BCUT2D eigenvalue weighted by molar-refractivity contribution is -0.148. The van der Waals surface area contributed by atoms with Gasteiger partial charge in [-0.15, -0.1) is 0 Å². The van der Waals surface area contributed by atoms with E-state index in [1.165, 1.54) is 21.0 Å². The predicted molar refractivity (Wildman–Crippen MR) is 114 cm³/mol. The summed E-state index contributed by atoms with van der Waals surface area (Å²) in [5.74, 6) is -1.10. The van der Waals surface area contributed by atoms with Gasteiger partial charge in [0.05, 0.1) is 17.5 Å². The Hall–Kier alpha value is -2.48. The van der Waals surface area contributed by atoms with Crippen molar-refractivity contribution in [3.05, 3.63) is 28.8 Å². The Balaban J connectivity index is 3.07. The molecule has 0 heterocycles. The predicted octanol–water partition coefficient (Wildman–Crippen LogP) is 3.40. The minimum absolute atomic E-state index is 0.120. The van der Waals surface area contributed by atoms with Gasteiger partial charge < -0.3 is 25.2 Å². The zero-order valence-electron chi connectivity index (χ0n) is 18.5. The van der Waals surface area contributed by atoms with E-state index in [-0.39, 0.29) is 6.42 Å². The summed E-state index contributed by atoms with van der Waals surface area (Å²) in [5.41, 5.74) is -1.26. The largest absolute Gasteiger partial charge is 0.495 e. The fraction of sp³-hybridized carbons (Fsp3) is 0.571. The lowest BCUT2D eigenvalue weighted by Crippen LogP contribution is -2.55. The number of carboxylic acid groups (broad SMARTS) is 1. The molecule has 168 valence electrons. The Kier molecular flexibility index (Phi) is 8.53. The van der Waals surface area contributed by atoms with Crippen LogP contribution in [0.4, 0.5) is 4.79 Å². The van der Waals surface area contributed by atoms with Crippen LogP contribution in [0.25, 0.3) is 0 Å². The molecule has 0 aliphatic carbocycles. The topological polar surface area (TPSA) is 114 Å². The highest BCUT2D eigenvalue weighted by Gasteiger charge is 2.36. The van der Waals surface area contributed by atoms with Gasteiger partial charge in [0.15, 0.2) is 0 Å². The highest BCUT2D eigenvalue weighted by atomic mass is 35.5. The molecule has 0 radical (unpaired) electrons. The molecule has 0 aliphatic rings. The summed E-state index contributed by atoms with van der Waals surface area (Å²) in [6.07, 6.45) is -0.637. The normalized spacial score (nSPS) is 13.7. The summed E-state index contributed by atoms with van der Waals surface area (Å²) in [5, 5.41) is 15.0. The van der Waals surface area contributed by atoms with Crippen molar-refractivity contribution in [2.75, 3.05) is 7.11 Å². The van der Waals surface area contributed by atoms with Crippen molar-refractivity contribution in [1.29, 1.82) is 0 Å². The molecule has 1 rings (SSSR count). The van der Waals surface area contributed by atoms with Crippen molar-refractivity contribution in [3.63, 3.8) is 0 Å². The van der Waals surface area contributed by atoms with Gasteiger partial charge in [-0.05, 0) is 59.2 Å². The van der Waals surface area contributed by atoms with Crippen LogP contribution in [0.2, 0.25) is 5.02 Å². The van der Waals surface area contributed by atoms with E-state index in [2.05, 4.69) is 10.6 Å². The highest BCUT2D eigenvalue weighted by Crippen LogP contribution is 2.26. The number of carbonyl (C=O) groups is 3. The van der Waals surface area contributed by atoms with Crippen molar-refractivity contribution < 1.29 is 29.0 Å². The first-order valence-corrected chi connectivity index (χ1v) is 9.91. The minimum Gasteiger partial charge on any atom is -0.495 e. The second-order valence-electron chi connectivity index (χ2n) is 8.63. The van der Waals surface area contributed by atoms with Crippen LogP contribution in [-0.2, 0) is 20.7 Å². The third-order valence-corrected chi connectivity index (χ3v) is 4.95. The van der Waals surface area contributed by atoms with Crippen LogP contribution in [0, 0.1) is 5.41 Å². The van der Waals surface area contributed by atoms with Crippen LogP contribution in [0.3, 0.4) is 0 Å². The molecule has 1 unspecified atom stereocenters. The molecule has 0 aliphatic heterocycles. The Morgan fingerprint density at radius 3 is 2.20 bits per heavy atom. The van der Waals surface area contributed by atoms with E-state index in [0.29, 0.717) is 16.3 Å². The quantitative estimate of drug-likeness (QED) is 0.568. The van der Waals surface area contributed by atoms with E-state index < -0.39 is 41.1 Å². The van der Waals surface area contributed by atoms with Gasteiger partial charge in [-0.25, -0.2) is 4.79 Å². The van der Waals surface area contributed by atoms with Crippen molar-refractivity contribution in [3.8, 4) is 5.75 Å². The second-order valence-corrected chi connectivity index (χ2v) is 9.04. The molecular formula is C21H31ClN2O6. The van der Waals surface area contributed by atoms with Crippen molar-refractivity contribution in [2.45, 2.75) is 65.6 Å². The Bertz CT molecular complexity index is 788. The summed E-state index contributed by atoms with van der Waals surface area (Å²) in [6.45, 7) is 9.76. The Morgan fingerprint density at radius 2 is 1.73 bits per heavy atom. The molecule has 30 heavy (non-hydrogen) atoms. The molecule has 0 spiro atoms. The zero-order valence-corrected chi connectivity index (χ0v) is 19.2. The van der Waals surface area contributed by atoms with Gasteiger partial charge in [0.1, 0.15) is 17.4 Å². The van der Waals surface area contributed by atoms with E-state index in [9.17, 15) is 19.5 Å². The fourth-order valence-electron chi connectivity index (χ4n) is 2.41. The molecule has 2 amide bonds. The average Bonchev–Trinajstić information content (AvgIpc) is 2.59. The van der Waals surface area contributed by atoms with Crippen LogP contribution >= 0.6 is 11.6 Å². The number of nitrogens with one attached hydrogen (secondary N) is 2. The van der Waals surface area contributed by atoms with Crippen molar-refractivity contribution >= 4 is 29.6 Å². The van der Waals surface area contributed by atoms with Gasteiger partial charge >= 0.3 is 12.1 Å². The van der Waals surface area contributed by atoms with Gasteiger partial charge in [0.25, 0.3) is 0 Å². The maximum Gasteiger partial charge on any atom is 0.408 e. The van der Waals surface area contributed by atoms with Crippen LogP contribution < -0.4 is 15.4 Å². The molecule has 0 saturated heterocycles. The van der Waals surface area contributed by atoms with E-state index in [1.807, 2.05) is 0 Å². The molecule has 0 fully saturated rings. The fourth-order valence-corrected chi connectivity index (χ4v) is 2.69. The van der Waals surface area contributed by atoms with Gasteiger partial charge in [0.2, 0.25) is 5.91 Å². The number of alkyl carbamates (subject to hydrolysis) is 1. The Labute approximate surface area is 182 Å². The summed E-state index contributed by atoms with van der Waals surface area (Å²) in [4.78, 5) is 36.6. The highest BCUT2D eigenvalue weighted by molar-refractivity contribution is 6.32. The number of hydrogen-bond donors (Lipinski definition) is 3. The molecule has 3 N–H and O–H groups in total. The third kappa shape index (κ3) is 7.40. The first-order valence-electron chi connectivity index (χ1n) is 9.53. The SMILES string of the molecule is COc1ccc(C[C@@H](NC(=O)OC(C)(C)C)C(=O)NC(C)C(C)(C)C(=O)O)cc1Cl. The zero-order chi connectivity index (χ0) is 23.3. The van der Waals surface area contributed by atoms with Gasteiger partial charge in [-0.2, -0.15) is 0 Å². The average molecular weight is 443 g/mol.